The first-order chi connectivity index (χ1) is 6.29. The third kappa shape index (κ3) is 2.51. The van der Waals surface area contributed by atoms with Crippen LogP contribution in [-0.4, -0.2) is 6.36 Å². The molecule has 0 aromatic heterocycles. The van der Waals surface area contributed by atoms with E-state index in [0.717, 1.165) is 6.07 Å². The predicted octanol–water partition coefficient (Wildman–Crippen LogP) is 2.61. The van der Waals surface area contributed by atoms with Crippen LogP contribution in [0, 0.1) is 12.7 Å². The van der Waals surface area contributed by atoms with Gasteiger partial charge in [0.1, 0.15) is 11.6 Å². The molecular weight excluding hydrogens is 202 g/mol. The number of nitrogens with two attached hydrogens (primary N) is 1. The Bertz CT molecular complexity index is 348. The molecule has 14 heavy (non-hydrogen) atoms. The van der Waals surface area contributed by atoms with E-state index < -0.39 is 17.9 Å². The van der Waals surface area contributed by atoms with Crippen molar-refractivity contribution in [2.45, 2.75) is 13.3 Å². The Hall–Kier alpha value is -1.46. The highest BCUT2D eigenvalue weighted by atomic mass is 19.4. The SMILES string of the molecule is Cc1c(N)cc(F)cc1OC(F)(F)F. The van der Waals surface area contributed by atoms with E-state index >= 15 is 0 Å². The monoisotopic (exact) mass is 209 g/mol. The molecule has 0 aliphatic heterocycles. The summed E-state index contributed by atoms with van der Waals surface area (Å²) in [4.78, 5) is 0. The molecule has 0 heterocycles. The standard InChI is InChI=1S/C8H7F4NO/c1-4-6(13)2-5(9)3-7(4)14-8(10,11)12/h2-3H,13H2,1H3. The summed E-state index contributed by atoms with van der Waals surface area (Å²) in [6.07, 6.45) is -4.84. The molecule has 0 fully saturated rings. The summed E-state index contributed by atoms with van der Waals surface area (Å²) in [5, 5.41) is 0. The van der Waals surface area contributed by atoms with Gasteiger partial charge in [0.2, 0.25) is 0 Å². The van der Waals surface area contributed by atoms with Gasteiger partial charge in [-0.15, -0.1) is 13.2 Å². The van der Waals surface area contributed by atoms with Gasteiger partial charge in [0.05, 0.1) is 0 Å². The van der Waals surface area contributed by atoms with Gasteiger partial charge in [-0.3, -0.25) is 0 Å². The average Bonchev–Trinajstić information content (AvgIpc) is 1.96. The maximum atomic E-state index is 12.7. The lowest BCUT2D eigenvalue weighted by molar-refractivity contribution is -0.274. The van der Waals surface area contributed by atoms with Gasteiger partial charge < -0.3 is 10.5 Å². The smallest absolute Gasteiger partial charge is 0.405 e. The van der Waals surface area contributed by atoms with Crippen molar-refractivity contribution in [3.05, 3.63) is 23.5 Å². The molecule has 2 N–H and O–H groups in total. The molecule has 1 aromatic carbocycles. The van der Waals surface area contributed by atoms with E-state index in [1.54, 1.807) is 0 Å². The number of halogens is 4. The number of rotatable bonds is 1. The highest BCUT2D eigenvalue weighted by Crippen LogP contribution is 2.30. The molecule has 0 bridgehead atoms. The van der Waals surface area contributed by atoms with E-state index in [0.29, 0.717) is 6.07 Å². The summed E-state index contributed by atoms with van der Waals surface area (Å²) < 4.78 is 51.6. The van der Waals surface area contributed by atoms with Gasteiger partial charge in [0.15, 0.2) is 0 Å². The Morgan fingerprint density at radius 1 is 1.29 bits per heavy atom. The lowest BCUT2D eigenvalue weighted by Crippen LogP contribution is -2.18. The molecule has 0 unspecified atom stereocenters. The number of benzene rings is 1. The Labute approximate surface area is 77.3 Å². The minimum atomic E-state index is -4.84. The van der Waals surface area contributed by atoms with Crippen molar-refractivity contribution in [3.8, 4) is 5.75 Å². The summed E-state index contributed by atoms with van der Waals surface area (Å²) in [6.45, 7) is 1.32. The first-order valence-corrected chi connectivity index (χ1v) is 3.61. The van der Waals surface area contributed by atoms with Crippen LogP contribution in [0.1, 0.15) is 5.56 Å². The van der Waals surface area contributed by atoms with Crippen molar-refractivity contribution in [1.82, 2.24) is 0 Å². The topological polar surface area (TPSA) is 35.2 Å². The summed E-state index contributed by atoms with van der Waals surface area (Å²) >= 11 is 0. The zero-order valence-electron chi connectivity index (χ0n) is 7.15. The number of hydrogen-bond donors (Lipinski definition) is 1. The highest BCUT2D eigenvalue weighted by molar-refractivity contribution is 5.53. The molecule has 0 spiro atoms. The molecule has 6 heteroatoms. The van der Waals surface area contributed by atoms with Gasteiger partial charge in [-0.25, -0.2) is 4.39 Å². The van der Waals surface area contributed by atoms with E-state index in [1.807, 2.05) is 0 Å². The minimum Gasteiger partial charge on any atom is -0.405 e. The van der Waals surface area contributed by atoms with Crippen LogP contribution in [0.3, 0.4) is 0 Å². The van der Waals surface area contributed by atoms with Crippen molar-refractivity contribution in [2.24, 2.45) is 0 Å². The van der Waals surface area contributed by atoms with Crippen molar-refractivity contribution in [2.75, 3.05) is 5.73 Å². The van der Waals surface area contributed by atoms with E-state index in [1.165, 1.54) is 6.92 Å². The highest BCUT2D eigenvalue weighted by Gasteiger charge is 2.32. The van der Waals surface area contributed by atoms with Crippen molar-refractivity contribution in [1.29, 1.82) is 0 Å². The summed E-state index contributed by atoms with van der Waals surface area (Å²) in [5.74, 6) is -1.48. The fraction of sp³-hybridized carbons (Fsp3) is 0.250. The second-order valence-corrected chi connectivity index (χ2v) is 2.67. The van der Waals surface area contributed by atoms with E-state index in [-0.39, 0.29) is 11.3 Å². The number of anilines is 1. The molecule has 0 saturated heterocycles. The van der Waals surface area contributed by atoms with Gasteiger partial charge in [0.25, 0.3) is 0 Å². The van der Waals surface area contributed by atoms with Gasteiger partial charge in [-0.1, -0.05) is 0 Å². The Balaban J connectivity index is 3.09. The molecule has 1 rings (SSSR count). The molecule has 0 amide bonds. The third-order valence-electron chi connectivity index (χ3n) is 1.59. The van der Waals surface area contributed by atoms with E-state index in [4.69, 9.17) is 5.73 Å². The van der Waals surface area contributed by atoms with E-state index in [9.17, 15) is 17.6 Å². The zero-order chi connectivity index (χ0) is 10.9. The van der Waals surface area contributed by atoms with Crippen molar-refractivity contribution < 1.29 is 22.3 Å². The van der Waals surface area contributed by atoms with Crippen LogP contribution in [0.2, 0.25) is 0 Å². The largest absolute Gasteiger partial charge is 0.573 e. The molecule has 0 aliphatic carbocycles. The quantitative estimate of drug-likeness (QED) is 0.570. The normalized spacial score (nSPS) is 11.5. The molecule has 2 nitrogen and oxygen atoms in total. The van der Waals surface area contributed by atoms with Crippen molar-refractivity contribution in [3.63, 3.8) is 0 Å². The predicted molar refractivity (Wildman–Crippen MR) is 42.2 cm³/mol. The van der Waals surface area contributed by atoms with Crippen LogP contribution in [0.5, 0.6) is 5.75 Å². The van der Waals surface area contributed by atoms with Gasteiger partial charge in [-0.2, -0.15) is 0 Å². The number of nitrogen functional groups attached to an aromatic ring is 1. The maximum Gasteiger partial charge on any atom is 0.573 e. The first-order valence-electron chi connectivity index (χ1n) is 3.61. The van der Waals surface area contributed by atoms with Crippen molar-refractivity contribution >= 4 is 5.69 Å². The van der Waals surface area contributed by atoms with Crippen LogP contribution >= 0.6 is 0 Å². The Morgan fingerprint density at radius 3 is 2.36 bits per heavy atom. The Kier molecular flexibility index (Phi) is 2.55. The number of alkyl halides is 3. The van der Waals surface area contributed by atoms with Crippen LogP contribution in [0.4, 0.5) is 23.2 Å². The maximum absolute atomic E-state index is 12.7. The fourth-order valence-electron chi connectivity index (χ4n) is 0.905. The molecule has 78 valence electrons. The third-order valence-corrected chi connectivity index (χ3v) is 1.59. The lowest BCUT2D eigenvalue weighted by Gasteiger charge is -2.12. The van der Waals surface area contributed by atoms with Gasteiger partial charge in [0, 0.05) is 17.3 Å². The number of ether oxygens (including phenoxy) is 1. The van der Waals surface area contributed by atoms with Crippen LogP contribution in [-0.2, 0) is 0 Å². The van der Waals surface area contributed by atoms with Crippen LogP contribution in [0.25, 0.3) is 0 Å². The summed E-state index contributed by atoms with van der Waals surface area (Å²) in [5.41, 5.74) is 5.23. The summed E-state index contributed by atoms with van der Waals surface area (Å²) in [6, 6.07) is 1.57. The molecular formula is C8H7F4NO. The molecule has 1 aromatic rings. The average molecular weight is 209 g/mol. The lowest BCUT2D eigenvalue weighted by atomic mass is 10.2. The first kappa shape index (κ1) is 10.6. The number of hydrogen-bond acceptors (Lipinski definition) is 2. The Morgan fingerprint density at radius 2 is 1.86 bits per heavy atom. The fourth-order valence-corrected chi connectivity index (χ4v) is 0.905. The van der Waals surface area contributed by atoms with Crippen LogP contribution in [0.15, 0.2) is 12.1 Å². The second-order valence-electron chi connectivity index (χ2n) is 2.67. The molecule has 0 radical (unpaired) electrons. The minimum absolute atomic E-state index is 0.0590. The second kappa shape index (κ2) is 3.36. The molecule has 0 atom stereocenters. The zero-order valence-corrected chi connectivity index (χ0v) is 7.15. The van der Waals surface area contributed by atoms with Crippen LogP contribution < -0.4 is 10.5 Å². The molecule has 0 aliphatic rings. The van der Waals surface area contributed by atoms with E-state index in [2.05, 4.69) is 4.74 Å². The summed E-state index contributed by atoms with van der Waals surface area (Å²) in [7, 11) is 0. The van der Waals surface area contributed by atoms with Gasteiger partial charge >= 0.3 is 6.36 Å². The van der Waals surface area contributed by atoms with Gasteiger partial charge in [-0.05, 0) is 13.0 Å². The molecule has 0 saturated carbocycles.